The van der Waals surface area contributed by atoms with Gasteiger partial charge in [-0.2, -0.15) is 0 Å². The van der Waals surface area contributed by atoms with E-state index in [1.54, 1.807) is 0 Å². The molecule has 0 radical (unpaired) electrons. The number of carbonyl (C=O) groups is 1. The van der Waals surface area contributed by atoms with E-state index in [0.29, 0.717) is 13.0 Å². The number of rotatable bonds is 3. The smallest absolute Gasteiger partial charge is 0.310 e. The van der Waals surface area contributed by atoms with Crippen LogP contribution in [0.3, 0.4) is 0 Å². The Labute approximate surface area is 125 Å². The monoisotopic (exact) mass is 287 g/mol. The summed E-state index contributed by atoms with van der Waals surface area (Å²) >= 11 is 0. The molecule has 1 aromatic carbocycles. The lowest BCUT2D eigenvalue weighted by atomic mass is 9.92. The average Bonchev–Trinajstić information content (AvgIpc) is 2.72. The number of aliphatic hydroxyl groups excluding tert-OH is 1. The lowest BCUT2D eigenvalue weighted by Gasteiger charge is -2.35. The molecule has 3 rings (SSSR count). The van der Waals surface area contributed by atoms with Crippen molar-refractivity contribution in [1.82, 2.24) is 4.90 Å². The number of nitrogens with zero attached hydrogens (tertiary/aromatic N) is 1. The fourth-order valence-electron chi connectivity index (χ4n) is 3.53. The molecule has 1 fully saturated rings. The van der Waals surface area contributed by atoms with Crippen LogP contribution in [0.4, 0.5) is 0 Å². The van der Waals surface area contributed by atoms with Gasteiger partial charge in [-0.1, -0.05) is 36.4 Å². The molecule has 1 aromatic rings. The zero-order valence-corrected chi connectivity index (χ0v) is 12.4. The molecule has 0 aliphatic carbocycles. The highest BCUT2D eigenvalue weighted by Gasteiger charge is 2.49. The largest absolute Gasteiger partial charge is 0.466 e. The zero-order chi connectivity index (χ0) is 15.0. The molecule has 2 aliphatic rings. The van der Waals surface area contributed by atoms with Gasteiger partial charge < -0.3 is 9.84 Å². The normalized spacial score (nSPS) is 31.9. The second-order valence-corrected chi connectivity index (χ2v) is 5.75. The van der Waals surface area contributed by atoms with Crippen LogP contribution in [0, 0.1) is 5.92 Å². The summed E-state index contributed by atoms with van der Waals surface area (Å²) in [4.78, 5) is 14.2. The van der Waals surface area contributed by atoms with Crippen molar-refractivity contribution in [3.8, 4) is 0 Å². The van der Waals surface area contributed by atoms with Gasteiger partial charge in [0.2, 0.25) is 0 Å². The number of esters is 1. The number of fused-ring (bicyclic) bond motifs is 2. The Morgan fingerprint density at radius 1 is 1.38 bits per heavy atom. The van der Waals surface area contributed by atoms with E-state index in [9.17, 15) is 9.90 Å². The van der Waals surface area contributed by atoms with Gasteiger partial charge in [-0.25, -0.2) is 0 Å². The third-order valence-electron chi connectivity index (χ3n) is 4.63. The highest BCUT2D eigenvalue weighted by molar-refractivity contribution is 5.78. The van der Waals surface area contributed by atoms with Crippen molar-refractivity contribution in [2.45, 2.75) is 31.5 Å². The second-order valence-electron chi connectivity index (χ2n) is 5.75. The van der Waals surface area contributed by atoms with Crippen LogP contribution in [-0.2, 0) is 9.53 Å². The van der Waals surface area contributed by atoms with Gasteiger partial charge in [0.15, 0.2) is 0 Å². The van der Waals surface area contributed by atoms with Gasteiger partial charge in [-0.15, -0.1) is 0 Å². The number of carbonyl (C=O) groups excluding carboxylic acids is 1. The van der Waals surface area contributed by atoms with E-state index in [1.165, 1.54) is 0 Å². The summed E-state index contributed by atoms with van der Waals surface area (Å²) in [6.07, 6.45) is 2.12. The van der Waals surface area contributed by atoms with Crippen molar-refractivity contribution in [3.63, 3.8) is 0 Å². The van der Waals surface area contributed by atoms with Crippen LogP contribution in [0.25, 0.3) is 5.57 Å². The lowest BCUT2D eigenvalue weighted by molar-refractivity contribution is -0.148. The van der Waals surface area contributed by atoms with Gasteiger partial charge >= 0.3 is 5.97 Å². The molecular formula is C17H21NO3. The number of ether oxygens (including phenoxy) is 1. The quantitative estimate of drug-likeness (QED) is 0.860. The molecule has 21 heavy (non-hydrogen) atoms. The molecule has 0 spiro atoms. The summed E-state index contributed by atoms with van der Waals surface area (Å²) in [6, 6.07) is 9.87. The van der Waals surface area contributed by atoms with Crippen LogP contribution in [0.1, 0.15) is 18.9 Å². The van der Waals surface area contributed by atoms with Crippen molar-refractivity contribution in [2.24, 2.45) is 5.92 Å². The van der Waals surface area contributed by atoms with E-state index in [1.807, 2.05) is 50.4 Å². The molecule has 4 atom stereocenters. The molecule has 4 heteroatoms. The van der Waals surface area contributed by atoms with E-state index in [-0.39, 0.29) is 24.0 Å². The van der Waals surface area contributed by atoms with Gasteiger partial charge in [-0.05, 0) is 31.5 Å². The molecule has 2 aliphatic heterocycles. The molecule has 1 saturated heterocycles. The molecule has 0 amide bonds. The SMILES string of the molecule is CCOC(=O)[C@H]1C[C@@H]2[C@H](O)C(c3ccccc3)=C[C@H]1N2C. The summed E-state index contributed by atoms with van der Waals surface area (Å²) in [5, 5.41) is 10.6. The molecular weight excluding hydrogens is 266 g/mol. The molecule has 112 valence electrons. The molecule has 0 unspecified atom stereocenters. The Morgan fingerprint density at radius 3 is 2.76 bits per heavy atom. The number of benzene rings is 1. The molecule has 2 bridgehead atoms. The number of likely N-dealkylation sites (N-methyl/N-ethyl adjacent to an activating group) is 1. The van der Waals surface area contributed by atoms with Crippen molar-refractivity contribution in [1.29, 1.82) is 0 Å². The molecule has 0 saturated carbocycles. The minimum atomic E-state index is -0.562. The van der Waals surface area contributed by atoms with Gasteiger partial charge in [0.1, 0.15) is 0 Å². The zero-order valence-electron chi connectivity index (χ0n) is 12.4. The van der Waals surface area contributed by atoms with Gasteiger partial charge in [0.25, 0.3) is 0 Å². The van der Waals surface area contributed by atoms with Gasteiger partial charge in [0.05, 0.1) is 18.6 Å². The molecule has 4 nitrogen and oxygen atoms in total. The molecule has 1 N–H and O–H groups in total. The highest BCUT2D eigenvalue weighted by Crippen LogP contribution is 2.41. The first-order valence-corrected chi connectivity index (χ1v) is 7.47. The van der Waals surface area contributed by atoms with Gasteiger partial charge in [0, 0.05) is 12.1 Å². The first-order chi connectivity index (χ1) is 10.1. The minimum Gasteiger partial charge on any atom is -0.466 e. The standard InChI is InChI=1S/C17H21NO3/c1-3-21-17(20)13-10-15-16(19)12(9-14(13)18(15)2)11-7-5-4-6-8-11/h4-9,13-16,19H,3,10H2,1-2H3/t13-,14+,15+,16+/m0/s1. The van der Waals surface area contributed by atoms with Crippen molar-refractivity contribution < 1.29 is 14.6 Å². The van der Waals surface area contributed by atoms with E-state index in [4.69, 9.17) is 4.74 Å². The number of aliphatic hydroxyl groups is 1. The molecule has 0 aromatic heterocycles. The van der Waals surface area contributed by atoms with Gasteiger partial charge in [-0.3, -0.25) is 9.69 Å². The van der Waals surface area contributed by atoms with Crippen molar-refractivity contribution in [2.75, 3.05) is 13.7 Å². The fourth-order valence-corrected chi connectivity index (χ4v) is 3.53. The summed E-state index contributed by atoms with van der Waals surface area (Å²) < 4.78 is 5.18. The Kier molecular flexibility index (Phi) is 3.83. The van der Waals surface area contributed by atoms with E-state index >= 15 is 0 Å². The topological polar surface area (TPSA) is 49.8 Å². The van der Waals surface area contributed by atoms with Crippen molar-refractivity contribution >= 4 is 11.5 Å². The van der Waals surface area contributed by atoms with E-state index < -0.39 is 6.10 Å². The fraction of sp³-hybridized carbons (Fsp3) is 0.471. The summed E-state index contributed by atoms with van der Waals surface area (Å²) in [5.74, 6) is -0.342. The van der Waals surface area contributed by atoms with Crippen molar-refractivity contribution in [3.05, 3.63) is 42.0 Å². The molecule has 2 heterocycles. The van der Waals surface area contributed by atoms with E-state index in [0.717, 1.165) is 11.1 Å². The summed E-state index contributed by atoms with van der Waals surface area (Å²) in [6.45, 7) is 2.22. The maximum Gasteiger partial charge on any atom is 0.310 e. The summed E-state index contributed by atoms with van der Waals surface area (Å²) in [5.41, 5.74) is 1.95. The second kappa shape index (κ2) is 5.62. The minimum absolute atomic E-state index is 0.00709. The van der Waals surface area contributed by atoms with Crippen LogP contribution in [0.15, 0.2) is 36.4 Å². The van der Waals surface area contributed by atoms with Crippen LogP contribution in [0.2, 0.25) is 0 Å². The Balaban J connectivity index is 1.93. The van der Waals surface area contributed by atoms with Crippen LogP contribution >= 0.6 is 0 Å². The third-order valence-corrected chi connectivity index (χ3v) is 4.63. The summed E-state index contributed by atoms with van der Waals surface area (Å²) in [7, 11) is 1.97. The van der Waals surface area contributed by atoms with E-state index in [2.05, 4.69) is 4.90 Å². The average molecular weight is 287 g/mol. The first kappa shape index (κ1) is 14.3. The Hall–Kier alpha value is -1.65. The lowest BCUT2D eigenvalue weighted by Crippen LogP contribution is -2.44. The predicted molar refractivity (Wildman–Crippen MR) is 80.5 cm³/mol. The Morgan fingerprint density at radius 2 is 2.10 bits per heavy atom. The maximum atomic E-state index is 12.1. The predicted octanol–water partition coefficient (Wildman–Crippen LogP) is 1.70. The first-order valence-electron chi connectivity index (χ1n) is 7.47. The number of hydrogen-bond acceptors (Lipinski definition) is 4. The van der Waals surface area contributed by atoms with Crippen LogP contribution in [0.5, 0.6) is 0 Å². The number of hydrogen-bond donors (Lipinski definition) is 1. The third kappa shape index (κ3) is 2.39. The highest BCUT2D eigenvalue weighted by atomic mass is 16.5. The maximum absolute atomic E-state index is 12.1. The van der Waals surface area contributed by atoms with Crippen LogP contribution in [-0.4, -0.2) is 47.8 Å². The Bertz CT molecular complexity index is 554. The van der Waals surface area contributed by atoms with Crippen LogP contribution < -0.4 is 0 Å².